The van der Waals surface area contributed by atoms with Crippen molar-refractivity contribution in [2.45, 2.75) is 33.2 Å². The second-order valence-corrected chi connectivity index (χ2v) is 5.66. The molecule has 1 nitrogen and oxygen atoms in total. The van der Waals surface area contributed by atoms with Gasteiger partial charge in [-0.15, -0.1) is 11.3 Å². The van der Waals surface area contributed by atoms with Gasteiger partial charge in [-0.3, -0.25) is 0 Å². The molecule has 0 aliphatic heterocycles. The van der Waals surface area contributed by atoms with Gasteiger partial charge in [-0.1, -0.05) is 44.0 Å². The van der Waals surface area contributed by atoms with Gasteiger partial charge in [0, 0.05) is 11.4 Å². The molecule has 1 aromatic carbocycles. The van der Waals surface area contributed by atoms with Crippen LogP contribution in [0.3, 0.4) is 0 Å². The number of rotatable bonds is 5. The quantitative estimate of drug-likeness (QED) is 0.834. The van der Waals surface area contributed by atoms with Crippen LogP contribution in [0.5, 0.6) is 0 Å². The summed E-state index contributed by atoms with van der Waals surface area (Å²) in [5, 5.41) is 5.64. The van der Waals surface area contributed by atoms with Crippen molar-refractivity contribution in [3.05, 3.63) is 33.7 Å². The molecule has 0 saturated heterocycles. The minimum atomic E-state index is 0.882. The number of thiophene rings is 1. The van der Waals surface area contributed by atoms with Crippen molar-refractivity contribution >= 4 is 33.0 Å². The van der Waals surface area contributed by atoms with Crippen molar-refractivity contribution < 1.29 is 0 Å². The zero-order chi connectivity index (χ0) is 12.3. The molecule has 0 fully saturated rings. The summed E-state index contributed by atoms with van der Waals surface area (Å²) >= 11 is 8.10. The average Bonchev–Trinajstić information content (AvgIpc) is 2.67. The minimum Gasteiger partial charge on any atom is -0.312 e. The lowest BCUT2D eigenvalue weighted by Crippen LogP contribution is -2.11. The summed E-state index contributed by atoms with van der Waals surface area (Å²) < 4.78 is 1.24. The molecule has 0 saturated carbocycles. The van der Waals surface area contributed by atoms with Crippen LogP contribution in [-0.4, -0.2) is 6.54 Å². The highest BCUT2D eigenvalue weighted by molar-refractivity contribution is 7.20. The Labute approximate surface area is 112 Å². The van der Waals surface area contributed by atoms with Crippen LogP contribution in [0.1, 0.15) is 30.7 Å². The molecule has 3 heteroatoms. The topological polar surface area (TPSA) is 12.0 Å². The van der Waals surface area contributed by atoms with Crippen LogP contribution >= 0.6 is 22.9 Å². The van der Waals surface area contributed by atoms with Crippen molar-refractivity contribution in [3.8, 4) is 0 Å². The molecule has 0 aliphatic carbocycles. The van der Waals surface area contributed by atoms with Crippen molar-refractivity contribution in [2.24, 2.45) is 0 Å². The summed E-state index contributed by atoms with van der Waals surface area (Å²) in [7, 11) is 0. The Morgan fingerprint density at radius 1 is 1.29 bits per heavy atom. The molecular formula is C14H18ClNS. The summed E-state index contributed by atoms with van der Waals surface area (Å²) in [6.45, 7) is 6.33. The molecule has 1 heterocycles. The molecule has 0 amide bonds. The molecule has 2 aromatic rings. The van der Waals surface area contributed by atoms with Crippen LogP contribution in [0.4, 0.5) is 0 Å². The predicted molar refractivity (Wildman–Crippen MR) is 78.2 cm³/mol. The van der Waals surface area contributed by atoms with Gasteiger partial charge in [-0.25, -0.2) is 0 Å². The SMILES string of the molecule is CCCc1c(CNCC)sc2c(Cl)cccc12. The number of hydrogen-bond acceptors (Lipinski definition) is 2. The summed E-state index contributed by atoms with van der Waals surface area (Å²) in [5.41, 5.74) is 1.48. The number of halogens is 1. The number of nitrogens with one attached hydrogen (secondary N) is 1. The van der Waals surface area contributed by atoms with Gasteiger partial charge in [0.1, 0.15) is 0 Å². The second kappa shape index (κ2) is 5.85. The van der Waals surface area contributed by atoms with E-state index in [2.05, 4.69) is 25.2 Å². The molecular weight excluding hydrogens is 250 g/mol. The van der Waals surface area contributed by atoms with Crippen molar-refractivity contribution in [2.75, 3.05) is 6.54 Å². The molecule has 0 aliphatic rings. The molecule has 1 aromatic heterocycles. The van der Waals surface area contributed by atoms with Crippen molar-refractivity contribution in [3.63, 3.8) is 0 Å². The summed E-state index contributed by atoms with van der Waals surface area (Å²) in [5.74, 6) is 0. The number of aryl methyl sites for hydroxylation is 1. The Morgan fingerprint density at radius 2 is 2.12 bits per heavy atom. The number of hydrogen-bond donors (Lipinski definition) is 1. The third-order valence-electron chi connectivity index (χ3n) is 2.89. The first-order chi connectivity index (χ1) is 8.27. The summed E-state index contributed by atoms with van der Waals surface area (Å²) in [6.07, 6.45) is 2.32. The van der Waals surface area contributed by atoms with E-state index in [1.165, 1.54) is 26.9 Å². The highest BCUT2D eigenvalue weighted by Crippen LogP contribution is 2.36. The summed E-state index contributed by atoms with van der Waals surface area (Å²) in [4.78, 5) is 1.44. The number of benzene rings is 1. The molecule has 17 heavy (non-hydrogen) atoms. The molecule has 0 bridgehead atoms. The molecule has 0 spiro atoms. The van der Waals surface area contributed by atoms with E-state index in [0.717, 1.165) is 24.5 Å². The first kappa shape index (κ1) is 12.9. The van der Waals surface area contributed by atoms with E-state index < -0.39 is 0 Å². The van der Waals surface area contributed by atoms with E-state index in [9.17, 15) is 0 Å². The van der Waals surface area contributed by atoms with Crippen LogP contribution in [0.2, 0.25) is 5.02 Å². The lowest BCUT2D eigenvalue weighted by molar-refractivity contribution is 0.728. The maximum Gasteiger partial charge on any atom is 0.0584 e. The van der Waals surface area contributed by atoms with Crippen molar-refractivity contribution in [1.29, 1.82) is 0 Å². The monoisotopic (exact) mass is 267 g/mol. The minimum absolute atomic E-state index is 0.882. The predicted octanol–water partition coefficient (Wildman–Crippen LogP) is 4.62. The van der Waals surface area contributed by atoms with Gasteiger partial charge >= 0.3 is 0 Å². The van der Waals surface area contributed by atoms with E-state index in [4.69, 9.17) is 11.6 Å². The lowest BCUT2D eigenvalue weighted by Gasteiger charge is -2.03. The Hall–Kier alpha value is -0.570. The van der Waals surface area contributed by atoms with Crippen LogP contribution in [0.25, 0.3) is 10.1 Å². The van der Waals surface area contributed by atoms with Gasteiger partial charge in [0.2, 0.25) is 0 Å². The average molecular weight is 268 g/mol. The normalized spacial score (nSPS) is 11.2. The van der Waals surface area contributed by atoms with Crippen LogP contribution in [0, 0.1) is 0 Å². The van der Waals surface area contributed by atoms with Gasteiger partial charge in [0.25, 0.3) is 0 Å². The highest BCUT2D eigenvalue weighted by atomic mass is 35.5. The zero-order valence-electron chi connectivity index (χ0n) is 10.3. The molecule has 2 rings (SSSR count). The Morgan fingerprint density at radius 3 is 2.82 bits per heavy atom. The van der Waals surface area contributed by atoms with Crippen LogP contribution in [0.15, 0.2) is 18.2 Å². The highest BCUT2D eigenvalue weighted by Gasteiger charge is 2.12. The third-order valence-corrected chi connectivity index (χ3v) is 4.60. The molecule has 1 N–H and O–H groups in total. The first-order valence-electron chi connectivity index (χ1n) is 6.17. The van der Waals surface area contributed by atoms with E-state index >= 15 is 0 Å². The maximum absolute atomic E-state index is 6.27. The first-order valence-corrected chi connectivity index (χ1v) is 7.36. The van der Waals surface area contributed by atoms with E-state index in [-0.39, 0.29) is 0 Å². The van der Waals surface area contributed by atoms with E-state index in [1.807, 2.05) is 23.5 Å². The largest absolute Gasteiger partial charge is 0.312 e. The van der Waals surface area contributed by atoms with E-state index in [1.54, 1.807) is 0 Å². The standard InChI is InChI=1S/C14H18ClNS/c1-3-6-10-11-7-5-8-12(15)14(11)17-13(10)9-16-4-2/h5,7-8,16H,3-4,6,9H2,1-2H3. The molecule has 92 valence electrons. The Bertz CT molecular complexity index is 504. The van der Waals surface area contributed by atoms with Gasteiger partial charge in [0.15, 0.2) is 0 Å². The van der Waals surface area contributed by atoms with Gasteiger partial charge in [-0.2, -0.15) is 0 Å². The maximum atomic E-state index is 6.27. The zero-order valence-corrected chi connectivity index (χ0v) is 11.9. The van der Waals surface area contributed by atoms with E-state index in [0.29, 0.717) is 0 Å². The Kier molecular flexibility index (Phi) is 4.43. The van der Waals surface area contributed by atoms with Gasteiger partial charge in [0.05, 0.1) is 9.72 Å². The van der Waals surface area contributed by atoms with Crippen molar-refractivity contribution in [1.82, 2.24) is 5.32 Å². The van der Waals surface area contributed by atoms with Gasteiger partial charge in [-0.05, 0) is 30.0 Å². The van der Waals surface area contributed by atoms with Crippen LogP contribution in [-0.2, 0) is 13.0 Å². The summed E-state index contributed by atoms with van der Waals surface area (Å²) in [6, 6.07) is 6.22. The molecule has 0 atom stereocenters. The molecule has 0 radical (unpaired) electrons. The fraction of sp³-hybridized carbons (Fsp3) is 0.429. The third kappa shape index (κ3) is 2.65. The van der Waals surface area contributed by atoms with Crippen LogP contribution < -0.4 is 5.32 Å². The lowest BCUT2D eigenvalue weighted by atomic mass is 10.1. The number of fused-ring (bicyclic) bond motifs is 1. The van der Waals surface area contributed by atoms with Gasteiger partial charge < -0.3 is 5.32 Å². The smallest absolute Gasteiger partial charge is 0.0584 e. The fourth-order valence-corrected chi connectivity index (χ4v) is 3.60. The Balaban J connectivity index is 2.49. The molecule has 0 unspecified atom stereocenters. The fourth-order valence-electron chi connectivity index (χ4n) is 2.09. The second-order valence-electron chi connectivity index (χ2n) is 4.15.